The molecule has 1 aliphatic heterocycles. The molecule has 0 radical (unpaired) electrons. The Morgan fingerprint density at radius 2 is 2.05 bits per heavy atom. The van der Waals surface area contributed by atoms with Crippen LogP contribution in [0.1, 0.15) is 12.8 Å². The molecule has 2 heterocycles. The average molecular weight is 302 g/mol. The first-order chi connectivity index (χ1) is 10.7. The van der Waals surface area contributed by atoms with Crippen molar-refractivity contribution in [1.82, 2.24) is 15.6 Å². The zero-order valence-electron chi connectivity index (χ0n) is 12.6. The first-order valence-corrected chi connectivity index (χ1v) is 7.52. The van der Waals surface area contributed by atoms with Crippen molar-refractivity contribution in [2.75, 3.05) is 31.1 Å². The molecule has 2 N–H and O–H groups in total. The molecule has 1 aromatic heterocycles. The number of amides is 2. The Labute approximate surface area is 130 Å². The standard InChI is InChI=1S/C16H22N4O2/c1-2-7-18-15(21)16(22)19-11-13-5-9-20(10-6-13)14-4-3-8-17-12-14/h2-4,8,12-13H,1,5-7,9-11H2,(H,18,21)(H,19,22). The van der Waals surface area contributed by atoms with E-state index in [4.69, 9.17) is 0 Å². The van der Waals surface area contributed by atoms with Gasteiger partial charge in [-0.05, 0) is 30.9 Å². The molecule has 1 aliphatic rings. The molecule has 0 aliphatic carbocycles. The van der Waals surface area contributed by atoms with E-state index in [1.54, 1.807) is 12.3 Å². The van der Waals surface area contributed by atoms with E-state index in [1.165, 1.54) is 0 Å². The molecule has 6 heteroatoms. The maximum atomic E-state index is 11.6. The first kappa shape index (κ1) is 16.0. The van der Waals surface area contributed by atoms with Crippen molar-refractivity contribution in [3.05, 3.63) is 37.2 Å². The van der Waals surface area contributed by atoms with Crippen molar-refractivity contribution in [2.45, 2.75) is 12.8 Å². The Balaban J connectivity index is 1.70. The molecule has 1 saturated heterocycles. The van der Waals surface area contributed by atoms with Crippen LogP contribution in [0, 0.1) is 5.92 Å². The number of carbonyl (C=O) groups excluding carboxylic acids is 2. The zero-order valence-corrected chi connectivity index (χ0v) is 12.6. The molecular weight excluding hydrogens is 280 g/mol. The van der Waals surface area contributed by atoms with Gasteiger partial charge in [0.25, 0.3) is 0 Å². The van der Waals surface area contributed by atoms with E-state index in [2.05, 4.69) is 33.2 Å². The predicted octanol–water partition coefficient (Wildman–Crippen LogP) is 0.716. The van der Waals surface area contributed by atoms with E-state index in [9.17, 15) is 9.59 Å². The molecule has 2 rings (SSSR count). The highest BCUT2D eigenvalue weighted by molar-refractivity contribution is 6.35. The molecule has 22 heavy (non-hydrogen) atoms. The minimum absolute atomic E-state index is 0.301. The summed E-state index contributed by atoms with van der Waals surface area (Å²) >= 11 is 0. The van der Waals surface area contributed by atoms with E-state index in [0.717, 1.165) is 31.6 Å². The average Bonchev–Trinajstić information content (AvgIpc) is 2.58. The molecule has 0 atom stereocenters. The molecule has 6 nitrogen and oxygen atoms in total. The van der Waals surface area contributed by atoms with Gasteiger partial charge in [-0.3, -0.25) is 14.6 Å². The van der Waals surface area contributed by atoms with Crippen LogP contribution < -0.4 is 15.5 Å². The van der Waals surface area contributed by atoms with Crippen LogP contribution in [0.25, 0.3) is 0 Å². The second kappa shape index (κ2) is 8.17. The maximum Gasteiger partial charge on any atom is 0.309 e. The van der Waals surface area contributed by atoms with Crippen LogP contribution in [-0.4, -0.2) is 43.0 Å². The van der Waals surface area contributed by atoms with Crippen molar-refractivity contribution < 1.29 is 9.59 Å². The largest absolute Gasteiger partial charge is 0.370 e. The number of carbonyl (C=O) groups is 2. The van der Waals surface area contributed by atoms with Crippen molar-refractivity contribution in [1.29, 1.82) is 0 Å². The predicted molar refractivity (Wildman–Crippen MR) is 85.4 cm³/mol. The Morgan fingerprint density at radius 3 is 2.68 bits per heavy atom. The molecule has 0 saturated carbocycles. The van der Waals surface area contributed by atoms with Crippen molar-refractivity contribution in [3.8, 4) is 0 Å². The van der Waals surface area contributed by atoms with E-state index < -0.39 is 11.8 Å². The summed E-state index contributed by atoms with van der Waals surface area (Å²) in [5.74, 6) is -0.770. The van der Waals surface area contributed by atoms with E-state index in [-0.39, 0.29) is 0 Å². The molecule has 0 unspecified atom stereocenters. The van der Waals surface area contributed by atoms with Crippen molar-refractivity contribution in [3.63, 3.8) is 0 Å². The van der Waals surface area contributed by atoms with E-state index in [0.29, 0.717) is 19.0 Å². The number of rotatable bonds is 5. The number of nitrogens with zero attached hydrogens (tertiary/aromatic N) is 2. The van der Waals surface area contributed by atoms with Gasteiger partial charge in [-0.2, -0.15) is 0 Å². The van der Waals surface area contributed by atoms with E-state index in [1.807, 2.05) is 12.3 Å². The summed E-state index contributed by atoms with van der Waals surface area (Å²) in [5.41, 5.74) is 1.13. The van der Waals surface area contributed by atoms with Gasteiger partial charge in [0, 0.05) is 32.4 Å². The van der Waals surface area contributed by atoms with Crippen LogP contribution in [0.4, 0.5) is 5.69 Å². The number of hydrogen-bond acceptors (Lipinski definition) is 4. The Kier molecular flexibility index (Phi) is 5.94. The lowest BCUT2D eigenvalue weighted by atomic mass is 9.96. The summed E-state index contributed by atoms with van der Waals surface area (Å²) in [6.07, 6.45) is 7.15. The summed E-state index contributed by atoms with van der Waals surface area (Å²) in [7, 11) is 0. The highest BCUT2D eigenvalue weighted by Gasteiger charge is 2.21. The number of nitrogens with one attached hydrogen (secondary N) is 2. The SMILES string of the molecule is C=CCNC(=O)C(=O)NCC1CCN(c2cccnc2)CC1. The van der Waals surface area contributed by atoms with Crippen LogP contribution in [0.5, 0.6) is 0 Å². The fourth-order valence-electron chi connectivity index (χ4n) is 2.50. The molecular formula is C16H22N4O2. The van der Waals surface area contributed by atoms with Gasteiger partial charge < -0.3 is 15.5 Å². The summed E-state index contributed by atoms with van der Waals surface area (Å²) in [6, 6.07) is 3.99. The quantitative estimate of drug-likeness (QED) is 0.621. The van der Waals surface area contributed by atoms with Crippen LogP contribution >= 0.6 is 0 Å². The fourth-order valence-corrected chi connectivity index (χ4v) is 2.50. The Morgan fingerprint density at radius 1 is 1.32 bits per heavy atom. The maximum absolute atomic E-state index is 11.6. The van der Waals surface area contributed by atoms with Gasteiger partial charge in [-0.25, -0.2) is 0 Å². The third-order valence-corrected chi connectivity index (χ3v) is 3.79. The lowest BCUT2D eigenvalue weighted by molar-refractivity contribution is -0.139. The third-order valence-electron chi connectivity index (χ3n) is 3.79. The van der Waals surface area contributed by atoms with E-state index >= 15 is 0 Å². The lowest BCUT2D eigenvalue weighted by Crippen LogP contribution is -2.43. The topological polar surface area (TPSA) is 74.3 Å². The molecule has 0 bridgehead atoms. The van der Waals surface area contributed by atoms with Crippen molar-refractivity contribution in [2.24, 2.45) is 5.92 Å². The van der Waals surface area contributed by atoms with Crippen LogP contribution in [0.2, 0.25) is 0 Å². The van der Waals surface area contributed by atoms with Crippen LogP contribution in [0.3, 0.4) is 0 Å². The second-order valence-corrected chi connectivity index (χ2v) is 5.35. The zero-order chi connectivity index (χ0) is 15.8. The minimum atomic E-state index is -0.604. The monoisotopic (exact) mass is 302 g/mol. The minimum Gasteiger partial charge on any atom is -0.370 e. The van der Waals surface area contributed by atoms with Gasteiger partial charge >= 0.3 is 11.8 Å². The summed E-state index contributed by atoms with van der Waals surface area (Å²) in [4.78, 5) is 29.5. The van der Waals surface area contributed by atoms with Gasteiger partial charge in [0.1, 0.15) is 0 Å². The number of aromatic nitrogens is 1. The lowest BCUT2D eigenvalue weighted by Gasteiger charge is -2.33. The summed E-state index contributed by atoms with van der Waals surface area (Å²) in [5, 5.41) is 5.16. The van der Waals surface area contributed by atoms with Gasteiger partial charge in [0.15, 0.2) is 0 Å². The molecule has 118 valence electrons. The van der Waals surface area contributed by atoms with Gasteiger partial charge in [-0.15, -0.1) is 6.58 Å². The molecule has 0 spiro atoms. The number of pyridine rings is 1. The first-order valence-electron chi connectivity index (χ1n) is 7.52. The molecule has 1 fully saturated rings. The van der Waals surface area contributed by atoms with Crippen molar-refractivity contribution >= 4 is 17.5 Å². The van der Waals surface area contributed by atoms with Crippen LogP contribution in [-0.2, 0) is 9.59 Å². The normalized spacial score (nSPS) is 15.2. The number of anilines is 1. The highest BCUT2D eigenvalue weighted by Crippen LogP contribution is 2.21. The molecule has 2 amide bonds. The number of piperidine rings is 1. The second-order valence-electron chi connectivity index (χ2n) is 5.35. The van der Waals surface area contributed by atoms with Gasteiger partial charge in [0.2, 0.25) is 0 Å². The smallest absolute Gasteiger partial charge is 0.309 e. The highest BCUT2D eigenvalue weighted by atomic mass is 16.2. The van der Waals surface area contributed by atoms with Crippen LogP contribution in [0.15, 0.2) is 37.2 Å². The number of hydrogen-bond donors (Lipinski definition) is 2. The Hall–Kier alpha value is -2.37. The summed E-state index contributed by atoms with van der Waals surface area (Å²) in [6.45, 7) is 6.21. The fraction of sp³-hybridized carbons (Fsp3) is 0.438. The van der Waals surface area contributed by atoms with Gasteiger partial charge in [0.05, 0.1) is 11.9 Å². The third kappa shape index (κ3) is 4.58. The Bertz CT molecular complexity index is 510. The van der Waals surface area contributed by atoms with Gasteiger partial charge in [-0.1, -0.05) is 6.08 Å². The summed E-state index contributed by atoms with van der Waals surface area (Å²) < 4.78 is 0. The molecule has 0 aromatic carbocycles. The molecule has 1 aromatic rings.